The smallest absolute Gasteiger partial charge is 0.146 e. The lowest BCUT2D eigenvalue weighted by molar-refractivity contribution is 0.0378. The topological polar surface area (TPSA) is 76.3 Å². The maximum Gasteiger partial charge on any atom is 0.146 e. The Labute approximate surface area is 101 Å². The van der Waals surface area contributed by atoms with Gasteiger partial charge in [0.05, 0.1) is 25.6 Å². The Morgan fingerprint density at radius 2 is 2.18 bits per heavy atom. The molecule has 0 amide bonds. The third-order valence-corrected chi connectivity index (χ3v) is 2.71. The summed E-state index contributed by atoms with van der Waals surface area (Å²) in [6.45, 7) is 5.76. The Bertz CT molecular complexity index is 340. The fourth-order valence-electron chi connectivity index (χ4n) is 1.81. The first kappa shape index (κ1) is 12.1. The predicted octanol–water partition coefficient (Wildman–Crippen LogP) is 0.193. The zero-order chi connectivity index (χ0) is 11.9. The summed E-state index contributed by atoms with van der Waals surface area (Å²) in [6.07, 6.45) is 4.31. The van der Waals surface area contributed by atoms with Gasteiger partial charge in [-0.1, -0.05) is 0 Å². The molecule has 0 spiro atoms. The van der Waals surface area contributed by atoms with E-state index in [2.05, 4.69) is 20.2 Å². The average molecular weight is 237 g/mol. The van der Waals surface area contributed by atoms with Crippen molar-refractivity contribution in [2.75, 3.05) is 50.4 Å². The number of nitrogen functional groups attached to an aromatic ring is 1. The molecule has 2 heterocycles. The van der Waals surface area contributed by atoms with Crippen LogP contribution in [-0.4, -0.2) is 54.3 Å². The standard InChI is InChI=1S/C11H19N5O/c12-10-8-13-9-11(15-10)14-2-1-3-16-4-6-17-7-5-16/h8-9H,1-7H2,(H3,12,14,15). The van der Waals surface area contributed by atoms with Crippen LogP contribution in [0.25, 0.3) is 0 Å². The summed E-state index contributed by atoms with van der Waals surface area (Å²) in [6, 6.07) is 0. The fourth-order valence-corrected chi connectivity index (χ4v) is 1.81. The van der Waals surface area contributed by atoms with Crippen molar-refractivity contribution in [3.63, 3.8) is 0 Å². The first-order valence-electron chi connectivity index (χ1n) is 5.96. The van der Waals surface area contributed by atoms with Gasteiger partial charge >= 0.3 is 0 Å². The molecule has 0 radical (unpaired) electrons. The van der Waals surface area contributed by atoms with Gasteiger partial charge in [-0.2, -0.15) is 0 Å². The van der Waals surface area contributed by atoms with E-state index in [-0.39, 0.29) is 0 Å². The number of nitrogens with one attached hydrogen (secondary N) is 1. The summed E-state index contributed by atoms with van der Waals surface area (Å²) in [5, 5.41) is 3.21. The molecule has 0 atom stereocenters. The van der Waals surface area contributed by atoms with Crippen LogP contribution in [0.4, 0.5) is 11.6 Å². The van der Waals surface area contributed by atoms with Crippen LogP contribution in [0.15, 0.2) is 12.4 Å². The molecule has 0 bridgehead atoms. The molecule has 0 aliphatic carbocycles. The van der Waals surface area contributed by atoms with E-state index in [0.29, 0.717) is 5.82 Å². The molecule has 1 aliphatic heterocycles. The highest BCUT2D eigenvalue weighted by Gasteiger charge is 2.08. The Hall–Kier alpha value is -1.40. The maximum atomic E-state index is 5.54. The van der Waals surface area contributed by atoms with E-state index in [9.17, 15) is 0 Å². The second-order valence-corrected chi connectivity index (χ2v) is 4.06. The lowest BCUT2D eigenvalue weighted by Gasteiger charge is -2.26. The van der Waals surface area contributed by atoms with Gasteiger partial charge in [-0.25, -0.2) is 4.98 Å². The van der Waals surface area contributed by atoms with Crippen molar-refractivity contribution in [1.82, 2.24) is 14.9 Å². The molecular formula is C11H19N5O. The van der Waals surface area contributed by atoms with Crippen LogP contribution in [0.2, 0.25) is 0 Å². The predicted molar refractivity (Wildman–Crippen MR) is 66.8 cm³/mol. The average Bonchev–Trinajstić information content (AvgIpc) is 2.36. The molecule has 1 saturated heterocycles. The Morgan fingerprint density at radius 1 is 1.35 bits per heavy atom. The van der Waals surface area contributed by atoms with E-state index >= 15 is 0 Å². The van der Waals surface area contributed by atoms with Crippen molar-refractivity contribution in [3.8, 4) is 0 Å². The lowest BCUT2D eigenvalue weighted by atomic mass is 10.3. The summed E-state index contributed by atoms with van der Waals surface area (Å²) in [5.41, 5.74) is 5.54. The van der Waals surface area contributed by atoms with Crippen LogP contribution < -0.4 is 11.1 Å². The van der Waals surface area contributed by atoms with Gasteiger partial charge in [0, 0.05) is 19.6 Å². The van der Waals surface area contributed by atoms with Gasteiger partial charge in [0.1, 0.15) is 11.6 Å². The second-order valence-electron chi connectivity index (χ2n) is 4.06. The summed E-state index contributed by atoms with van der Waals surface area (Å²) >= 11 is 0. The van der Waals surface area contributed by atoms with Crippen molar-refractivity contribution < 1.29 is 4.74 Å². The minimum Gasteiger partial charge on any atom is -0.382 e. The van der Waals surface area contributed by atoms with Gasteiger partial charge in [0.25, 0.3) is 0 Å². The number of hydrogen-bond acceptors (Lipinski definition) is 6. The van der Waals surface area contributed by atoms with Crippen LogP contribution in [0.3, 0.4) is 0 Å². The molecule has 6 nitrogen and oxygen atoms in total. The molecule has 1 fully saturated rings. The summed E-state index contributed by atoms with van der Waals surface area (Å²) in [4.78, 5) is 10.5. The van der Waals surface area contributed by atoms with E-state index < -0.39 is 0 Å². The zero-order valence-electron chi connectivity index (χ0n) is 9.93. The molecule has 3 N–H and O–H groups in total. The highest BCUT2D eigenvalue weighted by Crippen LogP contribution is 2.03. The quantitative estimate of drug-likeness (QED) is 0.712. The van der Waals surface area contributed by atoms with Crippen molar-refractivity contribution in [2.24, 2.45) is 0 Å². The van der Waals surface area contributed by atoms with Crippen molar-refractivity contribution in [2.45, 2.75) is 6.42 Å². The normalized spacial score (nSPS) is 16.9. The molecule has 0 saturated carbocycles. The largest absolute Gasteiger partial charge is 0.382 e. The highest BCUT2D eigenvalue weighted by molar-refractivity contribution is 5.38. The van der Waals surface area contributed by atoms with Crippen LogP contribution >= 0.6 is 0 Å². The van der Waals surface area contributed by atoms with Gasteiger partial charge < -0.3 is 15.8 Å². The van der Waals surface area contributed by atoms with E-state index in [1.54, 1.807) is 12.4 Å². The number of anilines is 2. The fraction of sp³-hybridized carbons (Fsp3) is 0.636. The number of ether oxygens (including phenoxy) is 1. The molecule has 1 aliphatic rings. The summed E-state index contributed by atoms with van der Waals surface area (Å²) in [7, 11) is 0. The van der Waals surface area contributed by atoms with Gasteiger partial charge in [0.2, 0.25) is 0 Å². The summed E-state index contributed by atoms with van der Waals surface area (Å²) in [5.74, 6) is 1.19. The Balaban J connectivity index is 1.62. The maximum absolute atomic E-state index is 5.54. The first-order chi connectivity index (χ1) is 8.34. The van der Waals surface area contributed by atoms with Gasteiger partial charge in [0.15, 0.2) is 0 Å². The highest BCUT2D eigenvalue weighted by atomic mass is 16.5. The molecule has 1 aromatic heterocycles. The molecule has 0 aromatic carbocycles. The van der Waals surface area contributed by atoms with Gasteiger partial charge in [-0.05, 0) is 13.0 Å². The van der Waals surface area contributed by atoms with Crippen molar-refractivity contribution in [1.29, 1.82) is 0 Å². The number of rotatable bonds is 5. The Kier molecular flexibility index (Phi) is 4.52. The van der Waals surface area contributed by atoms with Gasteiger partial charge in [-0.15, -0.1) is 0 Å². The molecule has 2 rings (SSSR count). The lowest BCUT2D eigenvalue weighted by Crippen LogP contribution is -2.37. The van der Waals surface area contributed by atoms with Crippen molar-refractivity contribution >= 4 is 11.6 Å². The minimum atomic E-state index is 0.447. The third-order valence-electron chi connectivity index (χ3n) is 2.71. The number of nitrogens with zero attached hydrogens (tertiary/aromatic N) is 3. The van der Waals surface area contributed by atoms with Crippen LogP contribution in [0.1, 0.15) is 6.42 Å². The van der Waals surface area contributed by atoms with E-state index in [1.165, 1.54) is 0 Å². The Morgan fingerprint density at radius 3 is 2.94 bits per heavy atom. The first-order valence-corrected chi connectivity index (χ1v) is 5.96. The number of hydrogen-bond donors (Lipinski definition) is 2. The van der Waals surface area contributed by atoms with E-state index in [1.807, 2.05) is 0 Å². The number of morpholine rings is 1. The van der Waals surface area contributed by atoms with E-state index in [0.717, 1.165) is 51.6 Å². The van der Waals surface area contributed by atoms with Crippen LogP contribution in [0.5, 0.6) is 0 Å². The van der Waals surface area contributed by atoms with Crippen LogP contribution in [-0.2, 0) is 4.74 Å². The zero-order valence-corrected chi connectivity index (χ0v) is 9.93. The van der Waals surface area contributed by atoms with Crippen molar-refractivity contribution in [3.05, 3.63) is 12.4 Å². The van der Waals surface area contributed by atoms with Crippen LogP contribution in [0, 0.1) is 0 Å². The monoisotopic (exact) mass is 237 g/mol. The molecule has 94 valence electrons. The third kappa shape index (κ3) is 4.16. The summed E-state index contributed by atoms with van der Waals surface area (Å²) < 4.78 is 5.30. The second kappa shape index (κ2) is 6.36. The molecular weight excluding hydrogens is 218 g/mol. The molecule has 6 heteroatoms. The minimum absolute atomic E-state index is 0.447. The number of nitrogens with two attached hydrogens (primary N) is 1. The SMILES string of the molecule is Nc1cncc(NCCCN2CCOCC2)n1. The molecule has 17 heavy (non-hydrogen) atoms. The number of aromatic nitrogens is 2. The van der Waals surface area contributed by atoms with Gasteiger partial charge in [-0.3, -0.25) is 9.88 Å². The van der Waals surface area contributed by atoms with E-state index in [4.69, 9.17) is 10.5 Å². The molecule has 1 aromatic rings. The molecule has 0 unspecified atom stereocenters.